The lowest BCUT2D eigenvalue weighted by Gasteiger charge is -2.31. The number of anilines is 1. The van der Waals surface area contributed by atoms with Crippen molar-refractivity contribution in [2.24, 2.45) is 11.1 Å². The van der Waals surface area contributed by atoms with Crippen LogP contribution >= 0.6 is 11.8 Å². The number of hydrogen-bond donors (Lipinski definition) is 2. The van der Waals surface area contributed by atoms with Crippen molar-refractivity contribution in [1.82, 2.24) is 4.90 Å². The molecule has 0 bridgehead atoms. The van der Waals surface area contributed by atoms with E-state index in [1.807, 2.05) is 0 Å². The number of nitrogens with two attached hydrogens (primary N) is 1. The average molecular weight is 488 g/mol. The lowest BCUT2D eigenvalue weighted by atomic mass is 9.95. The normalized spacial score (nSPS) is 15.4. The summed E-state index contributed by atoms with van der Waals surface area (Å²) in [5.74, 6) is -0.873. The van der Waals surface area contributed by atoms with Crippen LogP contribution in [0.4, 0.5) is 18.9 Å². The zero-order chi connectivity index (χ0) is 23.5. The van der Waals surface area contributed by atoms with Crippen LogP contribution in [0.1, 0.15) is 23.2 Å². The smallest absolute Gasteiger partial charge is 0.339 e. The second-order valence-corrected chi connectivity index (χ2v) is 9.90. The molecule has 1 heterocycles. The van der Waals surface area contributed by atoms with Crippen molar-refractivity contribution in [2.75, 3.05) is 18.4 Å². The molecule has 2 amide bonds. The molecule has 1 saturated heterocycles. The highest BCUT2D eigenvalue weighted by Gasteiger charge is 2.30. The predicted molar refractivity (Wildman–Crippen MR) is 113 cm³/mol. The van der Waals surface area contributed by atoms with Crippen LogP contribution < -0.4 is 10.5 Å². The zero-order valence-corrected chi connectivity index (χ0v) is 18.3. The molecule has 12 heteroatoms. The molecule has 32 heavy (non-hydrogen) atoms. The lowest BCUT2D eigenvalue weighted by Crippen LogP contribution is -2.41. The number of nitrogens with one attached hydrogen (secondary N) is 1. The number of halogens is 3. The maximum Gasteiger partial charge on any atom is 0.446 e. The van der Waals surface area contributed by atoms with Crippen LogP contribution in [0, 0.1) is 5.92 Å². The molecule has 0 aromatic heterocycles. The third-order valence-corrected chi connectivity index (χ3v) is 6.61. The Morgan fingerprint density at radius 3 is 2.06 bits per heavy atom. The number of carbonyl (C=O) groups is 2. The van der Waals surface area contributed by atoms with E-state index < -0.39 is 15.5 Å². The Labute approximate surface area is 187 Å². The fourth-order valence-electron chi connectivity index (χ4n) is 3.30. The van der Waals surface area contributed by atoms with Gasteiger partial charge in [-0.25, -0.2) is 13.6 Å². The highest BCUT2D eigenvalue weighted by Crippen LogP contribution is 2.36. The summed E-state index contributed by atoms with van der Waals surface area (Å²) in [5.41, 5.74) is -3.68. The summed E-state index contributed by atoms with van der Waals surface area (Å²) in [6, 6.07) is 10.7. The number of likely N-dealkylation sites (tertiary alicyclic amines) is 1. The minimum atomic E-state index is -4.39. The highest BCUT2D eigenvalue weighted by atomic mass is 32.2. The first-order valence-corrected chi connectivity index (χ1v) is 11.9. The van der Waals surface area contributed by atoms with Crippen LogP contribution in [0.3, 0.4) is 0 Å². The predicted octanol–water partition coefficient (Wildman–Crippen LogP) is 3.44. The molecule has 1 aliphatic rings. The van der Waals surface area contributed by atoms with Crippen molar-refractivity contribution in [1.29, 1.82) is 0 Å². The summed E-state index contributed by atoms with van der Waals surface area (Å²) in [7, 11) is -3.82. The SMILES string of the molecule is NS(=O)(=O)c1ccc(NC(=O)C2CCN(C(=O)c3ccc(SC(F)(F)F)cc3)CC2)cc1. The summed E-state index contributed by atoms with van der Waals surface area (Å²) in [6.45, 7) is 0.667. The number of sulfonamides is 1. The molecule has 0 aliphatic carbocycles. The van der Waals surface area contributed by atoms with Crippen LogP contribution in [0.2, 0.25) is 0 Å². The van der Waals surface area contributed by atoms with Crippen LogP contribution in [0.25, 0.3) is 0 Å². The second kappa shape index (κ2) is 9.51. The van der Waals surface area contributed by atoms with Crippen molar-refractivity contribution in [3.8, 4) is 0 Å². The Hall–Kier alpha value is -2.57. The fraction of sp³-hybridized carbons (Fsp3) is 0.300. The summed E-state index contributed by atoms with van der Waals surface area (Å²) < 4.78 is 59.8. The number of primary sulfonamides is 1. The number of rotatable bonds is 5. The molecule has 0 saturated carbocycles. The maximum absolute atomic E-state index is 12.6. The van der Waals surface area contributed by atoms with Crippen molar-refractivity contribution in [2.45, 2.75) is 28.1 Å². The van der Waals surface area contributed by atoms with E-state index in [1.54, 1.807) is 4.90 Å². The molecular formula is C20H20F3N3O4S2. The molecule has 7 nitrogen and oxygen atoms in total. The van der Waals surface area contributed by atoms with Gasteiger partial charge in [0, 0.05) is 35.2 Å². The number of carbonyl (C=O) groups excluding carboxylic acids is 2. The zero-order valence-electron chi connectivity index (χ0n) is 16.6. The Balaban J connectivity index is 1.53. The molecule has 0 spiro atoms. The molecule has 0 radical (unpaired) electrons. The van der Waals surface area contributed by atoms with Gasteiger partial charge in [-0.1, -0.05) is 0 Å². The summed E-state index contributed by atoms with van der Waals surface area (Å²) in [4.78, 5) is 26.6. The summed E-state index contributed by atoms with van der Waals surface area (Å²) >= 11 is -0.243. The molecule has 3 N–H and O–H groups in total. The lowest BCUT2D eigenvalue weighted by molar-refractivity contribution is -0.121. The van der Waals surface area contributed by atoms with E-state index in [9.17, 15) is 31.2 Å². The Kier molecular flexibility index (Phi) is 7.16. The van der Waals surface area contributed by atoms with Crippen LogP contribution in [-0.4, -0.2) is 43.7 Å². The van der Waals surface area contributed by atoms with E-state index in [2.05, 4.69) is 5.32 Å². The maximum atomic E-state index is 12.6. The molecular weight excluding hydrogens is 467 g/mol. The van der Waals surface area contributed by atoms with E-state index in [0.717, 1.165) is 0 Å². The number of alkyl halides is 3. The first-order valence-electron chi connectivity index (χ1n) is 9.51. The minimum Gasteiger partial charge on any atom is -0.339 e. The van der Waals surface area contributed by atoms with Crippen LogP contribution in [0.15, 0.2) is 58.3 Å². The second-order valence-electron chi connectivity index (χ2n) is 7.20. The van der Waals surface area contributed by atoms with Crippen molar-refractivity contribution < 1.29 is 31.2 Å². The van der Waals surface area contributed by atoms with E-state index in [0.29, 0.717) is 31.6 Å². The monoisotopic (exact) mass is 487 g/mol. The van der Waals surface area contributed by atoms with Gasteiger partial charge in [-0.05, 0) is 73.1 Å². The van der Waals surface area contributed by atoms with Gasteiger partial charge in [0.25, 0.3) is 5.91 Å². The number of hydrogen-bond acceptors (Lipinski definition) is 5. The average Bonchev–Trinajstić information content (AvgIpc) is 2.72. The molecule has 0 atom stereocenters. The molecule has 3 rings (SSSR count). The number of benzene rings is 2. The van der Waals surface area contributed by atoms with E-state index in [1.165, 1.54) is 48.5 Å². The van der Waals surface area contributed by atoms with E-state index >= 15 is 0 Å². The molecule has 2 aromatic carbocycles. The third-order valence-electron chi connectivity index (χ3n) is 4.94. The van der Waals surface area contributed by atoms with Gasteiger partial charge in [-0.3, -0.25) is 9.59 Å². The Bertz CT molecular complexity index is 1080. The van der Waals surface area contributed by atoms with Crippen molar-refractivity contribution in [3.05, 3.63) is 54.1 Å². The first-order chi connectivity index (χ1) is 14.9. The van der Waals surface area contributed by atoms with Gasteiger partial charge in [0.1, 0.15) is 0 Å². The summed E-state index contributed by atoms with van der Waals surface area (Å²) in [5, 5.41) is 7.76. The Morgan fingerprint density at radius 2 is 1.56 bits per heavy atom. The van der Waals surface area contributed by atoms with Gasteiger partial charge in [0.2, 0.25) is 15.9 Å². The molecule has 2 aromatic rings. The highest BCUT2D eigenvalue weighted by molar-refractivity contribution is 8.00. The van der Waals surface area contributed by atoms with E-state index in [-0.39, 0.29) is 44.8 Å². The van der Waals surface area contributed by atoms with Gasteiger partial charge in [0.15, 0.2) is 0 Å². The number of piperidine rings is 1. The topological polar surface area (TPSA) is 110 Å². The fourth-order valence-corrected chi connectivity index (χ4v) is 4.35. The first kappa shape index (κ1) is 24.1. The van der Waals surface area contributed by atoms with Gasteiger partial charge >= 0.3 is 5.51 Å². The summed E-state index contributed by atoms with van der Waals surface area (Å²) in [6.07, 6.45) is 0.851. The number of thioether (sulfide) groups is 1. The number of amides is 2. The largest absolute Gasteiger partial charge is 0.446 e. The van der Waals surface area contributed by atoms with Gasteiger partial charge in [0.05, 0.1) is 4.90 Å². The molecule has 1 fully saturated rings. The van der Waals surface area contributed by atoms with Gasteiger partial charge in [-0.15, -0.1) is 0 Å². The number of nitrogens with zero attached hydrogens (tertiary/aromatic N) is 1. The van der Waals surface area contributed by atoms with Crippen molar-refractivity contribution in [3.63, 3.8) is 0 Å². The standard InChI is InChI=1S/C20H20F3N3O4S2/c21-20(22,23)31-16-5-1-14(2-6-16)19(28)26-11-9-13(10-12-26)18(27)25-15-3-7-17(8-4-15)32(24,29)30/h1-8,13H,9-12H2,(H,25,27)(H2,24,29,30). The van der Waals surface area contributed by atoms with E-state index in [4.69, 9.17) is 5.14 Å². The minimum absolute atomic E-state index is 0.00141. The van der Waals surface area contributed by atoms with Gasteiger partial charge < -0.3 is 10.2 Å². The van der Waals surface area contributed by atoms with Crippen LogP contribution in [-0.2, 0) is 14.8 Å². The van der Waals surface area contributed by atoms with Gasteiger partial charge in [-0.2, -0.15) is 13.2 Å². The Morgan fingerprint density at radius 1 is 1.00 bits per heavy atom. The molecule has 172 valence electrons. The van der Waals surface area contributed by atoms with Crippen molar-refractivity contribution >= 4 is 39.3 Å². The third kappa shape index (κ3) is 6.47. The van der Waals surface area contributed by atoms with Crippen LogP contribution in [0.5, 0.6) is 0 Å². The molecule has 1 aliphatic heterocycles. The molecule has 0 unspecified atom stereocenters. The quantitative estimate of drug-likeness (QED) is 0.628.